The summed E-state index contributed by atoms with van der Waals surface area (Å²) in [6.45, 7) is 5.58. The number of rotatable bonds is 6. The summed E-state index contributed by atoms with van der Waals surface area (Å²) < 4.78 is 0. The molecule has 0 aromatic carbocycles. The smallest absolute Gasteiger partial charge is 0.00205 e. The molecule has 0 atom stereocenters. The van der Waals surface area contributed by atoms with Crippen molar-refractivity contribution in [2.24, 2.45) is 17.6 Å². The first-order chi connectivity index (χ1) is 6.86. The van der Waals surface area contributed by atoms with Crippen LogP contribution >= 0.6 is 0 Å². The maximum atomic E-state index is 5.67. The Kier molecular flexibility index (Phi) is 6.20. The van der Waals surface area contributed by atoms with E-state index >= 15 is 0 Å². The van der Waals surface area contributed by atoms with Gasteiger partial charge in [0.25, 0.3) is 0 Å². The van der Waals surface area contributed by atoms with Gasteiger partial charge >= 0.3 is 0 Å². The molecular formula is C12H26N2. The second kappa shape index (κ2) is 7.24. The van der Waals surface area contributed by atoms with Crippen LogP contribution in [0.15, 0.2) is 0 Å². The lowest BCUT2D eigenvalue weighted by Gasteiger charge is -2.27. The van der Waals surface area contributed by atoms with Gasteiger partial charge in [0.05, 0.1) is 0 Å². The lowest BCUT2D eigenvalue weighted by molar-refractivity contribution is 0.272. The molecule has 0 aliphatic heterocycles. The Morgan fingerprint density at radius 3 is 2.36 bits per heavy atom. The summed E-state index contributed by atoms with van der Waals surface area (Å²) in [6.07, 6.45) is 8.11. The van der Waals surface area contributed by atoms with Crippen LogP contribution in [0.2, 0.25) is 0 Å². The fourth-order valence-electron chi connectivity index (χ4n) is 2.28. The highest BCUT2D eigenvalue weighted by Gasteiger charge is 2.19. The van der Waals surface area contributed by atoms with E-state index in [1.54, 1.807) is 0 Å². The molecule has 0 amide bonds. The Balaban J connectivity index is 1.98. The predicted octanol–water partition coefficient (Wildman–Crippen LogP) is 2.14. The monoisotopic (exact) mass is 198 g/mol. The number of hydrogen-bond acceptors (Lipinski definition) is 2. The molecule has 0 heterocycles. The molecule has 3 N–H and O–H groups in total. The molecule has 0 saturated heterocycles. The Morgan fingerprint density at radius 1 is 1.14 bits per heavy atom. The van der Waals surface area contributed by atoms with Gasteiger partial charge in [0, 0.05) is 0 Å². The van der Waals surface area contributed by atoms with E-state index in [0.29, 0.717) is 0 Å². The highest BCUT2D eigenvalue weighted by molar-refractivity contribution is 4.74. The van der Waals surface area contributed by atoms with Crippen LogP contribution < -0.4 is 11.1 Å². The van der Waals surface area contributed by atoms with Gasteiger partial charge in [-0.25, -0.2) is 0 Å². The third-order valence-corrected chi connectivity index (χ3v) is 3.44. The Labute approximate surface area is 88.6 Å². The zero-order chi connectivity index (χ0) is 10.2. The summed E-state index contributed by atoms with van der Waals surface area (Å²) in [5.41, 5.74) is 5.67. The largest absolute Gasteiger partial charge is 0.330 e. The van der Waals surface area contributed by atoms with E-state index in [-0.39, 0.29) is 0 Å². The fourth-order valence-corrected chi connectivity index (χ4v) is 2.28. The topological polar surface area (TPSA) is 38.0 Å². The quantitative estimate of drug-likeness (QED) is 0.642. The maximum Gasteiger partial charge on any atom is -0.00205 e. The SMILES string of the molecule is CCCCNCC1CCC(CN)CC1. The average molecular weight is 198 g/mol. The van der Waals surface area contributed by atoms with Crippen LogP contribution in [0.5, 0.6) is 0 Å². The highest BCUT2D eigenvalue weighted by Crippen LogP contribution is 2.27. The second-order valence-electron chi connectivity index (χ2n) is 4.68. The van der Waals surface area contributed by atoms with Gasteiger partial charge < -0.3 is 11.1 Å². The van der Waals surface area contributed by atoms with Crippen molar-refractivity contribution in [3.8, 4) is 0 Å². The van der Waals surface area contributed by atoms with Crippen LogP contribution in [0.25, 0.3) is 0 Å². The lowest BCUT2D eigenvalue weighted by Crippen LogP contribution is -2.29. The van der Waals surface area contributed by atoms with Gasteiger partial charge in [0.1, 0.15) is 0 Å². The summed E-state index contributed by atoms with van der Waals surface area (Å²) in [4.78, 5) is 0. The number of nitrogens with two attached hydrogens (primary N) is 1. The molecule has 2 heteroatoms. The molecule has 84 valence electrons. The molecule has 1 fully saturated rings. The predicted molar refractivity (Wildman–Crippen MR) is 62.3 cm³/mol. The first-order valence-electron chi connectivity index (χ1n) is 6.27. The van der Waals surface area contributed by atoms with Gasteiger partial charge in [0.2, 0.25) is 0 Å². The minimum Gasteiger partial charge on any atom is -0.330 e. The van der Waals surface area contributed by atoms with Crippen LogP contribution in [-0.2, 0) is 0 Å². The van der Waals surface area contributed by atoms with Crippen LogP contribution in [0.4, 0.5) is 0 Å². The van der Waals surface area contributed by atoms with Crippen molar-refractivity contribution >= 4 is 0 Å². The highest BCUT2D eigenvalue weighted by atomic mass is 14.9. The first kappa shape index (κ1) is 12.0. The molecule has 2 nitrogen and oxygen atoms in total. The van der Waals surface area contributed by atoms with E-state index in [0.717, 1.165) is 18.4 Å². The fraction of sp³-hybridized carbons (Fsp3) is 1.00. The third-order valence-electron chi connectivity index (χ3n) is 3.44. The molecule has 0 radical (unpaired) electrons. The van der Waals surface area contributed by atoms with Crippen molar-refractivity contribution in [3.05, 3.63) is 0 Å². The van der Waals surface area contributed by atoms with E-state index in [4.69, 9.17) is 5.73 Å². The normalized spacial score (nSPS) is 27.9. The molecule has 0 aromatic rings. The maximum absolute atomic E-state index is 5.67. The van der Waals surface area contributed by atoms with Crippen LogP contribution in [0.1, 0.15) is 45.4 Å². The Bertz CT molecular complexity index is 128. The minimum atomic E-state index is 0.821. The standard InChI is InChI=1S/C12H26N2/c1-2-3-8-14-10-12-6-4-11(9-13)5-7-12/h11-12,14H,2-10,13H2,1H3. The zero-order valence-electron chi connectivity index (χ0n) is 9.60. The van der Waals surface area contributed by atoms with Crippen LogP contribution in [0, 0.1) is 11.8 Å². The molecular weight excluding hydrogens is 172 g/mol. The van der Waals surface area contributed by atoms with E-state index < -0.39 is 0 Å². The molecule has 0 unspecified atom stereocenters. The van der Waals surface area contributed by atoms with E-state index in [1.807, 2.05) is 0 Å². The van der Waals surface area contributed by atoms with Gasteiger partial charge in [-0.1, -0.05) is 13.3 Å². The van der Waals surface area contributed by atoms with Crippen molar-refractivity contribution in [3.63, 3.8) is 0 Å². The van der Waals surface area contributed by atoms with Crippen LogP contribution in [-0.4, -0.2) is 19.6 Å². The summed E-state index contributed by atoms with van der Waals surface area (Å²) in [5.74, 6) is 1.75. The number of hydrogen-bond donors (Lipinski definition) is 2. The average Bonchev–Trinajstić information content (AvgIpc) is 2.25. The van der Waals surface area contributed by atoms with Gasteiger partial charge in [-0.05, 0) is 63.6 Å². The number of unbranched alkanes of at least 4 members (excludes halogenated alkanes) is 1. The summed E-state index contributed by atoms with van der Waals surface area (Å²) >= 11 is 0. The first-order valence-corrected chi connectivity index (χ1v) is 6.27. The molecule has 1 aliphatic rings. The van der Waals surface area contributed by atoms with Crippen molar-refractivity contribution in [1.29, 1.82) is 0 Å². The van der Waals surface area contributed by atoms with Crippen molar-refractivity contribution in [2.45, 2.75) is 45.4 Å². The molecule has 0 aromatic heterocycles. The molecule has 1 rings (SSSR count). The minimum absolute atomic E-state index is 0.821. The van der Waals surface area contributed by atoms with Gasteiger partial charge in [-0.3, -0.25) is 0 Å². The zero-order valence-corrected chi connectivity index (χ0v) is 9.60. The van der Waals surface area contributed by atoms with E-state index in [9.17, 15) is 0 Å². The van der Waals surface area contributed by atoms with Crippen molar-refractivity contribution < 1.29 is 0 Å². The number of nitrogens with one attached hydrogen (secondary N) is 1. The molecule has 14 heavy (non-hydrogen) atoms. The third kappa shape index (κ3) is 4.43. The molecule has 1 aliphatic carbocycles. The van der Waals surface area contributed by atoms with Crippen molar-refractivity contribution in [1.82, 2.24) is 5.32 Å². The van der Waals surface area contributed by atoms with Gasteiger partial charge in [-0.2, -0.15) is 0 Å². The summed E-state index contributed by atoms with van der Waals surface area (Å²) in [5, 5.41) is 3.56. The van der Waals surface area contributed by atoms with E-state index in [2.05, 4.69) is 12.2 Å². The van der Waals surface area contributed by atoms with Gasteiger partial charge in [0.15, 0.2) is 0 Å². The van der Waals surface area contributed by atoms with Crippen molar-refractivity contribution in [2.75, 3.05) is 19.6 Å². The molecule has 0 bridgehead atoms. The lowest BCUT2D eigenvalue weighted by atomic mass is 9.82. The van der Waals surface area contributed by atoms with Gasteiger partial charge in [-0.15, -0.1) is 0 Å². The summed E-state index contributed by atoms with van der Waals surface area (Å²) in [6, 6.07) is 0. The van der Waals surface area contributed by atoms with Crippen LogP contribution in [0.3, 0.4) is 0 Å². The molecule has 1 saturated carbocycles. The summed E-state index contributed by atoms with van der Waals surface area (Å²) in [7, 11) is 0. The second-order valence-corrected chi connectivity index (χ2v) is 4.68. The Hall–Kier alpha value is -0.0800. The Morgan fingerprint density at radius 2 is 1.79 bits per heavy atom. The van der Waals surface area contributed by atoms with E-state index in [1.165, 1.54) is 51.6 Å². The molecule has 0 spiro atoms.